The van der Waals surface area contributed by atoms with Gasteiger partial charge in [0.15, 0.2) is 0 Å². The molecule has 1 atom stereocenters. The molecular formula is C27H27Cl2N3O5S. The van der Waals surface area contributed by atoms with Gasteiger partial charge < -0.3 is 9.63 Å². The first-order chi connectivity index (χ1) is 18.0. The fourth-order valence-electron chi connectivity index (χ4n) is 4.20. The highest BCUT2D eigenvalue weighted by atomic mass is 35.5. The standard InChI is InChI=1S/C27H27Cl2N3O5S/c1-4-5-9-24(27(33)34)32(38(35,36)21-14-18(28)13-19(29)15-21)20-10-11-22-17(12-20)7-6-8-23(22)25-30-26(16(2)3)37-31-25/h6-8,10-16,24H,4-5,9H2,1-3H3,(H,33,34). The fraction of sp³-hybridized carbons (Fsp3) is 0.296. The molecule has 0 bridgehead atoms. The molecule has 0 aliphatic rings. The lowest BCUT2D eigenvalue weighted by molar-refractivity contribution is -0.138. The fourth-order valence-corrected chi connectivity index (χ4v) is 6.55. The first-order valence-corrected chi connectivity index (χ1v) is 14.3. The van der Waals surface area contributed by atoms with E-state index in [1.165, 1.54) is 18.2 Å². The molecule has 0 aliphatic carbocycles. The van der Waals surface area contributed by atoms with Crippen molar-refractivity contribution in [2.45, 2.75) is 56.9 Å². The van der Waals surface area contributed by atoms with E-state index in [0.29, 0.717) is 35.5 Å². The van der Waals surface area contributed by atoms with Crippen LogP contribution in [0.3, 0.4) is 0 Å². The van der Waals surface area contributed by atoms with Crippen LogP contribution in [0.5, 0.6) is 0 Å². The maximum atomic E-state index is 14.0. The number of aromatic nitrogens is 2. The van der Waals surface area contributed by atoms with Crippen molar-refractivity contribution < 1.29 is 22.8 Å². The average molecular weight is 577 g/mol. The van der Waals surface area contributed by atoms with Gasteiger partial charge >= 0.3 is 5.97 Å². The minimum Gasteiger partial charge on any atom is -0.480 e. The smallest absolute Gasteiger partial charge is 0.327 e. The van der Waals surface area contributed by atoms with Crippen molar-refractivity contribution in [1.29, 1.82) is 0 Å². The number of anilines is 1. The number of carbonyl (C=O) groups is 1. The van der Waals surface area contributed by atoms with E-state index in [9.17, 15) is 18.3 Å². The van der Waals surface area contributed by atoms with E-state index >= 15 is 0 Å². The number of hydrogen-bond donors (Lipinski definition) is 1. The summed E-state index contributed by atoms with van der Waals surface area (Å²) in [5, 5.41) is 15.9. The molecule has 0 aliphatic heterocycles. The summed E-state index contributed by atoms with van der Waals surface area (Å²) in [6.07, 6.45) is 1.34. The number of unbranched alkanes of at least 4 members (excludes halogenated alkanes) is 1. The molecule has 1 aromatic heterocycles. The minimum absolute atomic E-state index is 0.0626. The van der Waals surface area contributed by atoms with E-state index in [0.717, 1.165) is 9.69 Å². The monoisotopic (exact) mass is 575 g/mol. The Morgan fingerprint density at radius 1 is 1.08 bits per heavy atom. The van der Waals surface area contributed by atoms with Gasteiger partial charge in [0, 0.05) is 21.5 Å². The third-order valence-electron chi connectivity index (χ3n) is 6.09. The van der Waals surface area contributed by atoms with Crippen LogP contribution in [0, 0.1) is 0 Å². The summed E-state index contributed by atoms with van der Waals surface area (Å²) in [5.41, 5.74) is 0.909. The SMILES string of the molecule is CCCCC(C(=O)O)N(c1ccc2c(-c3noc(C(C)C)n3)cccc2c1)S(=O)(=O)c1cc(Cl)cc(Cl)c1. The molecule has 0 amide bonds. The molecule has 0 saturated heterocycles. The van der Waals surface area contributed by atoms with Crippen LogP contribution in [0.2, 0.25) is 10.0 Å². The molecule has 11 heteroatoms. The number of carboxylic acid groups (broad SMARTS) is 1. The molecule has 1 N–H and O–H groups in total. The number of carboxylic acids is 1. The van der Waals surface area contributed by atoms with Crippen molar-refractivity contribution in [3.63, 3.8) is 0 Å². The number of benzene rings is 3. The normalized spacial score (nSPS) is 12.7. The van der Waals surface area contributed by atoms with Crippen molar-refractivity contribution in [2.75, 3.05) is 4.31 Å². The molecule has 200 valence electrons. The Balaban J connectivity index is 1.89. The second-order valence-corrected chi connectivity index (χ2v) is 11.9. The summed E-state index contributed by atoms with van der Waals surface area (Å²) in [6.45, 7) is 5.81. The van der Waals surface area contributed by atoms with E-state index in [1.54, 1.807) is 24.3 Å². The Labute approximate surface area is 231 Å². The zero-order valence-electron chi connectivity index (χ0n) is 21.1. The summed E-state index contributed by atoms with van der Waals surface area (Å²) in [4.78, 5) is 16.7. The van der Waals surface area contributed by atoms with Gasteiger partial charge in [0.2, 0.25) is 11.7 Å². The predicted octanol–water partition coefficient (Wildman–Crippen LogP) is 7.16. The van der Waals surface area contributed by atoms with Crippen molar-refractivity contribution in [3.8, 4) is 11.4 Å². The number of fused-ring (bicyclic) bond motifs is 1. The number of sulfonamides is 1. The van der Waals surface area contributed by atoms with E-state index in [-0.39, 0.29) is 33.0 Å². The van der Waals surface area contributed by atoms with Crippen molar-refractivity contribution in [1.82, 2.24) is 10.1 Å². The maximum Gasteiger partial charge on any atom is 0.327 e. The largest absolute Gasteiger partial charge is 0.480 e. The summed E-state index contributed by atoms with van der Waals surface area (Å²) < 4.78 is 34.2. The molecule has 1 heterocycles. The van der Waals surface area contributed by atoms with Gasteiger partial charge in [-0.15, -0.1) is 0 Å². The van der Waals surface area contributed by atoms with Gasteiger partial charge in [0.25, 0.3) is 10.0 Å². The molecule has 38 heavy (non-hydrogen) atoms. The lowest BCUT2D eigenvalue weighted by Crippen LogP contribution is -2.45. The third kappa shape index (κ3) is 5.65. The Hall–Kier alpha value is -3.14. The zero-order valence-corrected chi connectivity index (χ0v) is 23.4. The first kappa shape index (κ1) is 27.9. The Morgan fingerprint density at radius 3 is 2.39 bits per heavy atom. The predicted molar refractivity (Wildman–Crippen MR) is 148 cm³/mol. The topological polar surface area (TPSA) is 114 Å². The molecule has 0 radical (unpaired) electrons. The van der Waals surface area contributed by atoms with Crippen LogP contribution in [-0.2, 0) is 14.8 Å². The van der Waals surface area contributed by atoms with Crippen LogP contribution in [0.4, 0.5) is 5.69 Å². The van der Waals surface area contributed by atoms with Gasteiger partial charge in [0.05, 0.1) is 10.6 Å². The molecule has 0 fully saturated rings. The van der Waals surface area contributed by atoms with Crippen LogP contribution >= 0.6 is 23.2 Å². The Bertz CT molecular complexity index is 1570. The number of nitrogens with zero attached hydrogens (tertiary/aromatic N) is 3. The van der Waals surface area contributed by atoms with E-state index in [2.05, 4.69) is 10.1 Å². The first-order valence-electron chi connectivity index (χ1n) is 12.1. The highest BCUT2D eigenvalue weighted by molar-refractivity contribution is 7.93. The molecule has 8 nitrogen and oxygen atoms in total. The minimum atomic E-state index is -4.37. The van der Waals surface area contributed by atoms with Crippen molar-refractivity contribution in [2.24, 2.45) is 0 Å². The number of rotatable bonds is 10. The summed E-state index contributed by atoms with van der Waals surface area (Å²) in [6, 6.07) is 13.0. The number of halogens is 2. The van der Waals surface area contributed by atoms with E-state index < -0.39 is 22.0 Å². The van der Waals surface area contributed by atoms with Crippen LogP contribution in [0.1, 0.15) is 51.8 Å². The molecule has 0 saturated carbocycles. The van der Waals surface area contributed by atoms with Gasteiger partial charge in [-0.2, -0.15) is 4.98 Å². The van der Waals surface area contributed by atoms with Crippen LogP contribution in [-0.4, -0.2) is 35.7 Å². The maximum absolute atomic E-state index is 14.0. The summed E-state index contributed by atoms with van der Waals surface area (Å²) in [7, 11) is -4.37. The third-order valence-corrected chi connectivity index (χ3v) is 8.34. The Morgan fingerprint density at radius 2 is 1.79 bits per heavy atom. The van der Waals surface area contributed by atoms with E-state index in [4.69, 9.17) is 27.7 Å². The quantitative estimate of drug-likeness (QED) is 0.213. The lowest BCUT2D eigenvalue weighted by Gasteiger charge is -2.30. The van der Waals surface area contributed by atoms with Crippen LogP contribution in [0.25, 0.3) is 22.2 Å². The zero-order chi connectivity index (χ0) is 27.6. The summed E-state index contributed by atoms with van der Waals surface area (Å²) >= 11 is 12.2. The van der Waals surface area contributed by atoms with Gasteiger partial charge in [0.1, 0.15) is 6.04 Å². The molecule has 3 aromatic carbocycles. The average Bonchev–Trinajstić information content (AvgIpc) is 3.35. The molecule has 0 spiro atoms. The highest BCUT2D eigenvalue weighted by Crippen LogP contribution is 2.35. The van der Waals surface area contributed by atoms with Gasteiger partial charge in [-0.1, -0.05) is 86.2 Å². The van der Waals surface area contributed by atoms with Crippen molar-refractivity contribution >= 4 is 55.7 Å². The summed E-state index contributed by atoms with van der Waals surface area (Å²) in [5.74, 6) is -0.271. The van der Waals surface area contributed by atoms with Crippen molar-refractivity contribution in [3.05, 3.63) is 70.5 Å². The van der Waals surface area contributed by atoms with E-state index in [1.807, 2.05) is 32.9 Å². The van der Waals surface area contributed by atoms with Crippen LogP contribution < -0.4 is 4.31 Å². The molecule has 4 aromatic rings. The molecule has 4 rings (SSSR count). The van der Waals surface area contributed by atoms with Gasteiger partial charge in [-0.3, -0.25) is 4.31 Å². The second-order valence-electron chi connectivity index (χ2n) is 9.22. The molecular weight excluding hydrogens is 549 g/mol. The van der Waals surface area contributed by atoms with Gasteiger partial charge in [-0.05, 0) is 47.5 Å². The van der Waals surface area contributed by atoms with Crippen LogP contribution in [0.15, 0.2) is 64.0 Å². The Kier molecular flexibility index (Phi) is 8.30. The van der Waals surface area contributed by atoms with Gasteiger partial charge in [-0.25, -0.2) is 13.2 Å². The molecule has 1 unspecified atom stereocenters. The highest BCUT2D eigenvalue weighted by Gasteiger charge is 2.36. The lowest BCUT2D eigenvalue weighted by atomic mass is 10.0. The number of hydrogen-bond acceptors (Lipinski definition) is 6. The number of aliphatic carboxylic acids is 1. The second kappa shape index (κ2) is 11.3.